The Hall–Kier alpha value is -11.4. The van der Waals surface area contributed by atoms with Crippen LogP contribution in [-0.2, 0) is 39.1 Å². The molecule has 26 nitrogen and oxygen atoms in total. The third-order valence-electron chi connectivity index (χ3n) is 17.5. The highest BCUT2D eigenvalue weighted by molar-refractivity contribution is 7.90. The molecule has 0 radical (unpaired) electrons. The summed E-state index contributed by atoms with van der Waals surface area (Å²) in [5.74, 6) is -5.10. The third-order valence-corrected chi connectivity index (χ3v) is 20.5. The molecule has 0 bridgehead atoms. The second kappa shape index (κ2) is 30.6. The summed E-state index contributed by atoms with van der Waals surface area (Å²) in [5.41, 5.74) is 5.36. The number of fused-ring (bicyclic) bond motifs is 2. The van der Waals surface area contributed by atoms with Gasteiger partial charge in [-0.2, -0.15) is 0 Å². The number of tetrazole rings is 1. The number of para-hydroxylation sites is 1. The number of carbonyl (C=O) groups excluding carboxylic acids is 6. The number of amides is 6. The number of hydrogen-bond donors (Lipinski definition) is 8. The molecular weight excluding hydrogens is 1320 g/mol. The van der Waals surface area contributed by atoms with Crippen molar-refractivity contribution in [3.8, 4) is 11.5 Å². The van der Waals surface area contributed by atoms with Crippen molar-refractivity contribution in [2.45, 2.75) is 119 Å². The molecule has 100 heavy (non-hydrogen) atoms. The van der Waals surface area contributed by atoms with Crippen molar-refractivity contribution in [2.24, 2.45) is 0 Å². The van der Waals surface area contributed by atoms with Gasteiger partial charge in [-0.25, -0.2) is 35.9 Å². The minimum atomic E-state index is -4.31. The predicted octanol–water partition coefficient (Wildman–Crippen LogP) is 11.7. The van der Waals surface area contributed by atoms with Crippen LogP contribution in [0.3, 0.4) is 0 Å². The molecular formula is C72H74N12O14S2. The van der Waals surface area contributed by atoms with Crippen LogP contribution in [-0.4, -0.2) is 109 Å². The van der Waals surface area contributed by atoms with E-state index >= 15 is 0 Å². The van der Waals surface area contributed by atoms with Crippen molar-refractivity contribution in [1.29, 1.82) is 0 Å². The number of benzene rings is 7. The summed E-state index contributed by atoms with van der Waals surface area (Å²) in [4.78, 5) is 89.8. The van der Waals surface area contributed by atoms with Gasteiger partial charge in [0.1, 0.15) is 29.9 Å². The van der Waals surface area contributed by atoms with E-state index in [0.717, 1.165) is 56.9 Å². The van der Waals surface area contributed by atoms with Crippen LogP contribution < -0.4 is 40.2 Å². The number of sulfonamides is 2. The lowest BCUT2D eigenvalue weighted by Crippen LogP contribution is -2.37. The number of carbonyl (C=O) groups is 6. The van der Waals surface area contributed by atoms with E-state index in [4.69, 9.17) is 18.9 Å². The number of aryl methyl sites for hydroxylation is 3. The molecule has 0 saturated heterocycles. The summed E-state index contributed by atoms with van der Waals surface area (Å²) in [6.07, 6.45) is 9.64. The van der Waals surface area contributed by atoms with Crippen molar-refractivity contribution in [3.05, 3.63) is 214 Å². The Morgan fingerprint density at radius 2 is 0.970 bits per heavy atom. The van der Waals surface area contributed by atoms with Crippen molar-refractivity contribution in [2.75, 3.05) is 30.2 Å². The van der Waals surface area contributed by atoms with E-state index in [1.54, 1.807) is 136 Å². The maximum absolute atomic E-state index is 14.5. The quantitative estimate of drug-likeness (QED) is 0.0331. The van der Waals surface area contributed by atoms with E-state index < -0.39 is 73.9 Å². The highest BCUT2D eigenvalue weighted by Gasteiger charge is 2.37. The summed E-state index contributed by atoms with van der Waals surface area (Å²) >= 11 is 0. The minimum Gasteiger partial charge on any atom is -0.496 e. The van der Waals surface area contributed by atoms with Crippen LogP contribution in [0.25, 0.3) is 21.8 Å². The number of hydrogen-bond acceptors (Lipinski definition) is 17. The SMILES string of the molecule is COc1cccc(C(=O)NS(=O)(=O)c2ccccc2C)c1C(C(=O)NC(C)n1ncnn1)c1c[nH]c2ccc(NC(=O)OC3CCCC3)cc12.COc1cccc(C(=O)NS(=O)(=O)c2ccccc2C)c1C(C(=O)Nc1ccccc1C)c1c[nH]c2ccc(NC(=O)OC3CCCC3)cc12. The number of aromatic nitrogens is 6. The number of rotatable bonds is 21. The molecule has 2 fully saturated rings. The molecule has 3 aromatic heterocycles. The molecule has 0 aliphatic heterocycles. The first kappa shape index (κ1) is 69.9. The van der Waals surface area contributed by atoms with Crippen molar-refractivity contribution < 1.29 is 64.6 Å². The molecule has 2 aliphatic rings. The number of ether oxygens (including phenoxy) is 4. The highest BCUT2D eigenvalue weighted by atomic mass is 32.2. The Morgan fingerprint density at radius 3 is 1.40 bits per heavy atom. The van der Waals surface area contributed by atoms with Crippen LogP contribution in [0.4, 0.5) is 26.7 Å². The van der Waals surface area contributed by atoms with Gasteiger partial charge in [0.05, 0.1) is 35.8 Å². The van der Waals surface area contributed by atoms with Gasteiger partial charge in [0.2, 0.25) is 11.8 Å². The molecule has 6 amide bonds. The summed E-state index contributed by atoms with van der Waals surface area (Å²) in [7, 11) is -5.80. The van der Waals surface area contributed by atoms with Crippen molar-refractivity contribution in [3.63, 3.8) is 0 Å². The monoisotopic (exact) mass is 1390 g/mol. The van der Waals surface area contributed by atoms with E-state index in [0.29, 0.717) is 61.1 Å². The average Bonchev–Trinajstić information content (AvgIpc) is 1.69. The number of H-pyrrole nitrogens is 2. The lowest BCUT2D eigenvalue weighted by molar-refractivity contribution is -0.123. The van der Waals surface area contributed by atoms with Gasteiger partial charge in [0.25, 0.3) is 31.9 Å². The minimum absolute atomic E-state index is 0.0465. The fourth-order valence-corrected chi connectivity index (χ4v) is 15.0. The Morgan fingerprint density at radius 1 is 0.530 bits per heavy atom. The van der Waals surface area contributed by atoms with Crippen LogP contribution in [0.2, 0.25) is 0 Å². The second-order valence-electron chi connectivity index (χ2n) is 24.2. The molecule has 3 atom stereocenters. The summed E-state index contributed by atoms with van der Waals surface area (Å²) in [5, 5.41) is 24.2. The summed E-state index contributed by atoms with van der Waals surface area (Å²) < 4.78 is 80.6. The summed E-state index contributed by atoms with van der Waals surface area (Å²) in [6, 6.07) is 39.4. The topological polar surface area (TPSA) is 355 Å². The molecule has 10 aromatic rings. The van der Waals surface area contributed by atoms with Gasteiger partial charge in [-0.3, -0.25) is 29.8 Å². The standard InChI is InChI=1S/C38H38N4O7S.C34H36N8O7S/c1-23-11-4-8-16-30(23)41-37(44)35(29-22-39-31-20-19-25(21-28(29)31)40-38(45)49-26-13-6-7-14-26)34-27(15-10-17-32(34)48-3)36(43)42-50(46,47)33-18-9-5-12-24(33)2;1-20-9-4-7-14-29(20)50(46,47)40-32(43)24-12-8-13-28(48-3)30(24)31(33(44)38-21(2)42-37-19-36-41-42)26-18-35-27-16-15-22(17-25(26)27)39-34(45)49-23-10-5-6-11-23/h4-5,8-12,15-22,26,35,39H,6-7,13-14H2,1-3H3,(H,40,45)(H,41,44)(H,42,43);4,7-9,12-19,21,23,31,35H,5-6,10-11H2,1-3H3,(H,38,44)(H,39,45)(H,40,43). The van der Waals surface area contributed by atoms with E-state index in [1.165, 1.54) is 55.7 Å². The zero-order chi connectivity index (χ0) is 70.8. The smallest absolute Gasteiger partial charge is 0.411 e. The van der Waals surface area contributed by atoms with Crippen LogP contribution in [0, 0.1) is 20.8 Å². The molecule has 12 rings (SSSR count). The molecule has 518 valence electrons. The number of aromatic amines is 2. The third kappa shape index (κ3) is 15.8. The zero-order valence-corrected chi connectivity index (χ0v) is 57.1. The van der Waals surface area contributed by atoms with Gasteiger partial charge >= 0.3 is 12.2 Å². The van der Waals surface area contributed by atoms with Crippen LogP contribution in [0.15, 0.2) is 174 Å². The molecule has 7 aromatic carbocycles. The number of nitrogens with zero attached hydrogens (tertiary/aromatic N) is 4. The van der Waals surface area contributed by atoms with Crippen molar-refractivity contribution >= 4 is 94.7 Å². The Bertz CT molecular complexity index is 4950. The molecule has 2 aliphatic carbocycles. The number of nitrogens with one attached hydrogen (secondary N) is 8. The molecule has 28 heteroatoms. The lowest BCUT2D eigenvalue weighted by Gasteiger charge is -2.24. The number of methoxy groups -OCH3 is 2. The Balaban J connectivity index is 0.000000202. The first-order valence-electron chi connectivity index (χ1n) is 32.3. The first-order valence-corrected chi connectivity index (χ1v) is 35.2. The highest BCUT2D eigenvalue weighted by Crippen LogP contribution is 2.42. The van der Waals surface area contributed by atoms with Crippen LogP contribution >= 0.6 is 0 Å². The molecule has 3 unspecified atom stereocenters. The van der Waals surface area contributed by atoms with E-state index in [1.807, 2.05) is 19.1 Å². The van der Waals surface area contributed by atoms with E-state index in [2.05, 4.69) is 56.1 Å². The normalized spacial score (nSPS) is 14.2. The molecule has 2 saturated carbocycles. The second-order valence-corrected chi connectivity index (χ2v) is 27.5. The Labute approximate surface area is 576 Å². The maximum Gasteiger partial charge on any atom is 0.411 e. The first-order chi connectivity index (χ1) is 48.1. The largest absolute Gasteiger partial charge is 0.496 e. The molecule has 8 N–H and O–H groups in total. The maximum atomic E-state index is 14.5. The van der Waals surface area contributed by atoms with Gasteiger partial charge in [0.15, 0.2) is 6.33 Å². The zero-order valence-electron chi connectivity index (χ0n) is 55.5. The van der Waals surface area contributed by atoms with Crippen LogP contribution in [0.1, 0.15) is 136 Å². The van der Waals surface area contributed by atoms with E-state index in [9.17, 15) is 45.6 Å². The van der Waals surface area contributed by atoms with Gasteiger partial charge in [-0.15, -0.1) is 15.0 Å². The number of anilines is 3. The summed E-state index contributed by atoms with van der Waals surface area (Å²) in [6.45, 7) is 6.76. The van der Waals surface area contributed by atoms with Gasteiger partial charge in [0, 0.05) is 73.5 Å². The van der Waals surface area contributed by atoms with Gasteiger partial charge < -0.3 is 39.5 Å². The fourth-order valence-electron chi connectivity index (χ4n) is 12.6. The lowest BCUT2D eigenvalue weighted by atomic mass is 9.85. The average molecular weight is 1400 g/mol. The fraction of sp³-hybridized carbons (Fsp3) is 0.264. The van der Waals surface area contributed by atoms with Crippen LogP contribution in [0.5, 0.6) is 11.5 Å². The molecule has 0 spiro atoms. The van der Waals surface area contributed by atoms with E-state index in [-0.39, 0.29) is 55.8 Å². The predicted molar refractivity (Wildman–Crippen MR) is 373 cm³/mol. The Kier molecular flexibility index (Phi) is 21.4. The molecule has 3 heterocycles. The van der Waals surface area contributed by atoms with Gasteiger partial charge in [-0.1, -0.05) is 66.7 Å². The van der Waals surface area contributed by atoms with Gasteiger partial charge in [-0.05, 0) is 191 Å². The van der Waals surface area contributed by atoms with Crippen molar-refractivity contribution in [1.82, 2.24) is 44.9 Å².